The molecule has 5 heteroatoms. The van der Waals surface area contributed by atoms with Gasteiger partial charge in [-0.2, -0.15) is 0 Å². The second kappa shape index (κ2) is 4.34. The number of aliphatic hydroxyl groups is 1. The molecule has 0 spiro atoms. The van der Waals surface area contributed by atoms with Crippen LogP contribution in [0, 0.1) is 5.92 Å². The van der Waals surface area contributed by atoms with E-state index in [-0.39, 0.29) is 34.9 Å². The lowest BCUT2D eigenvalue weighted by molar-refractivity contribution is -0.132. The van der Waals surface area contributed by atoms with Gasteiger partial charge in [0.2, 0.25) is 0 Å². The van der Waals surface area contributed by atoms with Gasteiger partial charge >= 0.3 is 0 Å². The number of hydrogen-bond acceptors (Lipinski definition) is 3. The van der Waals surface area contributed by atoms with Gasteiger partial charge in [-0.25, -0.2) is 0 Å². The van der Waals surface area contributed by atoms with Crippen LogP contribution in [0.15, 0.2) is 35.7 Å². The summed E-state index contributed by atoms with van der Waals surface area (Å²) in [5.41, 5.74) is 3.04. The molecular weight excluding hydrogens is 316 g/mol. The number of Topliss-reactive ketones (excluding diaryl/α,β-unsaturated/α-hetero) is 1. The molecular formula is C20H20N2O3. The Kier molecular flexibility index (Phi) is 2.56. The molecule has 1 aromatic carbocycles. The van der Waals surface area contributed by atoms with Crippen molar-refractivity contribution in [1.29, 1.82) is 0 Å². The molecule has 1 aromatic heterocycles. The van der Waals surface area contributed by atoms with Gasteiger partial charge in [-0.05, 0) is 50.3 Å². The lowest BCUT2D eigenvalue weighted by Crippen LogP contribution is -2.47. The van der Waals surface area contributed by atoms with Crippen LogP contribution in [0.4, 0.5) is 0 Å². The first-order chi connectivity index (χ1) is 11.8. The van der Waals surface area contributed by atoms with E-state index < -0.39 is 11.6 Å². The predicted molar refractivity (Wildman–Crippen MR) is 93.3 cm³/mol. The summed E-state index contributed by atoms with van der Waals surface area (Å²) < 4.78 is 0. The zero-order valence-corrected chi connectivity index (χ0v) is 14.5. The lowest BCUT2D eigenvalue weighted by Gasteiger charge is -2.37. The van der Waals surface area contributed by atoms with Gasteiger partial charge < -0.3 is 15.0 Å². The Morgan fingerprint density at radius 1 is 1.36 bits per heavy atom. The second-order valence-electron chi connectivity index (χ2n) is 8.01. The van der Waals surface area contributed by atoms with E-state index in [1.807, 2.05) is 6.20 Å². The van der Waals surface area contributed by atoms with E-state index in [0.717, 1.165) is 17.5 Å². The van der Waals surface area contributed by atoms with Gasteiger partial charge in [0.15, 0.2) is 5.78 Å². The Labute approximate surface area is 145 Å². The normalized spacial score (nSPS) is 29.3. The van der Waals surface area contributed by atoms with Crippen molar-refractivity contribution >= 4 is 22.6 Å². The Morgan fingerprint density at radius 2 is 2.12 bits per heavy atom. The van der Waals surface area contributed by atoms with Crippen molar-refractivity contribution in [3.05, 3.63) is 46.9 Å². The number of rotatable bonds is 1. The molecule has 0 saturated carbocycles. The van der Waals surface area contributed by atoms with Crippen LogP contribution < -0.4 is 0 Å². The standard InChI is InChI=1S/C20H20N2O3/c1-9(23)14-18(24)17-16-11-8-21-13-6-4-5-10(15(11)13)7-12(16)20(2,3)22(17)19(14)25/h4-6,8,12,16-17,21,24H,7H2,1-3H3/t12-,16?,17?/m1/s1. The largest absolute Gasteiger partial charge is 0.509 e. The summed E-state index contributed by atoms with van der Waals surface area (Å²) >= 11 is 0. The molecule has 2 unspecified atom stereocenters. The number of aliphatic hydroxyl groups excluding tert-OH is 1. The number of H-pyrrole nitrogens is 1. The molecule has 1 amide bonds. The Balaban J connectivity index is 1.78. The van der Waals surface area contributed by atoms with E-state index in [1.165, 1.54) is 17.9 Å². The van der Waals surface area contributed by atoms with Crippen molar-refractivity contribution in [3.8, 4) is 0 Å². The summed E-state index contributed by atoms with van der Waals surface area (Å²) in [7, 11) is 0. The molecule has 1 saturated heterocycles. The van der Waals surface area contributed by atoms with Crippen LogP contribution in [-0.2, 0) is 16.0 Å². The fourth-order valence-electron chi connectivity index (χ4n) is 5.47. The predicted octanol–water partition coefficient (Wildman–Crippen LogP) is 2.83. The third kappa shape index (κ3) is 1.54. The minimum Gasteiger partial charge on any atom is -0.509 e. The number of benzene rings is 1. The first kappa shape index (κ1) is 14.8. The van der Waals surface area contributed by atoms with Crippen LogP contribution in [-0.4, -0.2) is 38.3 Å². The molecule has 0 radical (unpaired) electrons. The van der Waals surface area contributed by atoms with Crippen LogP contribution in [0.25, 0.3) is 10.9 Å². The molecule has 3 heterocycles. The van der Waals surface area contributed by atoms with Gasteiger partial charge in [-0.15, -0.1) is 0 Å². The maximum atomic E-state index is 12.9. The van der Waals surface area contributed by atoms with Crippen molar-refractivity contribution in [1.82, 2.24) is 9.88 Å². The van der Waals surface area contributed by atoms with Crippen molar-refractivity contribution < 1.29 is 14.7 Å². The summed E-state index contributed by atoms with van der Waals surface area (Å²) in [6.07, 6.45) is 2.87. The number of nitrogens with zero attached hydrogens (tertiary/aromatic N) is 1. The van der Waals surface area contributed by atoms with E-state index in [9.17, 15) is 14.7 Å². The third-order valence-electron chi connectivity index (χ3n) is 6.52. The molecule has 0 bridgehead atoms. The molecule has 25 heavy (non-hydrogen) atoms. The van der Waals surface area contributed by atoms with Crippen molar-refractivity contribution in [2.24, 2.45) is 5.92 Å². The Morgan fingerprint density at radius 3 is 2.84 bits per heavy atom. The second-order valence-corrected chi connectivity index (χ2v) is 8.01. The third-order valence-corrected chi connectivity index (χ3v) is 6.52. The van der Waals surface area contributed by atoms with Gasteiger partial charge in [-0.3, -0.25) is 9.59 Å². The Bertz CT molecular complexity index is 998. The van der Waals surface area contributed by atoms with Crippen molar-refractivity contribution in [2.45, 2.75) is 44.7 Å². The van der Waals surface area contributed by atoms with Crippen LogP contribution in [0.3, 0.4) is 0 Å². The van der Waals surface area contributed by atoms with E-state index in [1.54, 1.807) is 4.90 Å². The first-order valence-corrected chi connectivity index (χ1v) is 8.70. The van der Waals surface area contributed by atoms with E-state index in [0.29, 0.717) is 0 Å². The average Bonchev–Trinajstić information content (AvgIpc) is 3.14. The molecule has 1 aliphatic carbocycles. The molecule has 1 fully saturated rings. The number of fused-ring (bicyclic) bond motifs is 4. The molecule has 2 N–H and O–H groups in total. The number of amides is 1. The quantitative estimate of drug-likeness (QED) is 0.787. The number of hydrogen-bond donors (Lipinski definition) is 2. The fourth-order valence-corrected chi connectivity index (χ4v) is 5.47. The van der Waals surface area contributed by atoms with Gasteiger partial charge in [0.25, 0.3) is 5.91 Å². The van der Waals surface area contributed by atoms with Gasteiger partial charge in [0.05, 0.1) is 6.04 Å². The molecule has 5 rings (SSSR count). The highest BCUT2D eigenvalue weighted by Gasteiger charge is 2.63. The number of aromatic amines is 1. The van der Waals surface area contributed by atoms with Gasteiger partial charge in [-0.1, -0.05) is 12.1 Å². The molecule has 128 valence electrons. The molecule has 2 aliphatic heterocycles. The summed E-state index contributed by atoms with van der Waals surface area (Å²) in [6, 6.07) is 5.81. The zero-order chi connectivity index (χ0) is 17.7. The number of aromatic nitrogens is 1. The summed E-state index contributed by atoms with van der Waals surface area (Å²) in [5, 5.41) is 12.0. The SMILES string of the molecule is CC(=O)C1=C(O)C2C3c4c[nH]c5cccc(c45)C[C@H]3C(C)(C)N2C1=O. The summed E-state index contributed by atoms with van der Waals surface area (Å²) in [6.45, 7) is 5.45. The molecule has 3 atom stereocenters. The maximum absolute atomic E-state index is 12.9. The maximum Gasteiger partial charge on any atom is 0.262 e. The highest BCUT2D eigenvalue weighted by atomic mass is 16.3. The zero-order valence-electron chi connectivity index (χ0n) is 14.5. The first-order valence-electron chi connectivity index (χ1n) is 8.70. The molecule has 2 aromatic rings. The van der Waals surface area contributed by atoms with Crippen LogP contribution in [0.2, 0.25) is 0 Å². The monoisotopic (exact) mass is 336 g/mol. The summed E-state index contributed by atoms with van der Waals surface area (Å²) in [4.78, 5) is 29.9. The number of carbonyl (C=O) groups is 2. The van der Waals surface area contributed by atoms with E-state index in [2.05, 4.69) is 37.0 Å². The summed E-state index contributed by atoms with van der Waals surface area (Å²) in [5.74, 6) is -0.540. The number of nitrogens with one attached hydrogen (secondary N) is 1. The minimum atomic E-state index is -0.446. The smallest absolute Gasteiger partial charge is 0.262 e. The van der Waals surface area contributed by atoms with Crippen LogP contribution >= 0.6 is 0 Å². The van der Waals surface area contributed by atoms with Crippen molar-refractivity contribution in [2.75, 3.05) is 0 Å². The van der Waals surface area contributed by atoms with E-state index in [4.69, 9.17) is 0 Å². The van der Waals surface area contributed by atoms with Crippen LogP contribution in [0.1, 0.15) is 37.8 Å². The van der Waals surface area contributed by atoms with Gasteiger partial charge in [0, 0.05) is 28.6 Å². The lowest BCUT2D eigenvalue weighted by atomic mass is 9.69. The number of carbonyl (C=O) groups excluding carboxylic acids is 2. The van der Waals surface area contributed by atoms with E-state index >= 15 is 0 Å². The van der Waals surface area contributed by atoms with Gasteiger partial charge in [0.1, 0.15) is 11.3 Å². The average molecular weight is 336 g/mol. The number of ketones is 1. The van der Waals surface area contributed by atoms with Crippen molar-refractivity contribution in [3.63, 3.8) is 0 Å². The molecule has 5 nitrogen and oxygen atoms in total. The topological polar surface area (TPSA) is 73.4 Å². The minimum absolute atomic E-state index is 0.000509. The highest BCUT2D eigenvalue weighted by molar-refractivity contribution is 6.21. The van der Waals surface area contributed by atoms with Crippen LogP contribution in [0.5, 0.6) is 0 Å². The highest BCUT2D eigenvalue weighted by Crippen LogP contribution is 2.58. The fraction of sp³-hybridized carbons (Fsp3) is 0.400. The molecule has 3 aliphatic rings. The Hall–Kier alpha value is -2.56.